The quantitative estimate of drug-likeness (QED) is 0.186. The van der Waals surface area contributed by atoms with Crippen molar-refractivity contribution < 1.29 is 0 Å². The molecule has 0 atom stereocenters. The molecule has 0 spiro atoms. The number of fused-ring (bicyclic) bond motifs is 4. The maximum Gasteiger partial charge on any atom is 0.0784 e. The van der Waals surface area contributed by atoms with Crippen molar-refractivity contribution in [1.82, 2.24) is 0 Å². The Hall–Kier alpha value is -4.34. The van der Waals surface area contributed by atoms with E-state index in [1.54, 1.807) is 22.7 Å². The molecule has 0 saturated heterocycles. The topological polar surface area (TPSA) is 0 Å². The summed E-state index contributed by atoms with van der Waals surface area (Å²) in [5, 5.41) is 7.58. The molecule has 7 rings (SSSR count). The van der Waals surface area contributed by atoms with E-state index in [4.69, 9.17) is 0 Å². The maximum atomic E-state index is 3.34. The first-order valence-electron chi connectivity index (χ1n) is 11.8. The van der Waals surface area contributed by atoms with Gasteiger partial charge in [0.1, 0.15) is 0 Å². The second-order valence-electron chi connectivity index (χ2n) is 8.77. The Morgan fingerprint density at radius 3 is 1.17 bits per heavy atom. The van der Waals surface area contributed by atoms with Gasteiger partial charge in [0, 0.05) is 20.5 Å². The number of hydrogen-bond donors (Lipinski definition) is 0. The van der Waals surface area contributed by atoms with Gasteiger partial charge in [0.15, 0.2) is 0 Å². The molecule has 0 amide bonds. The highest BCUT2D eigenvalue weighted by Crippen LogP contribution is 2.31. The van der Waals surface area contributed by atoms with Crippen molar-refractivity contribution in [3.05, 3.63) is 130 Å². The van der Waals surface area contributed by atoms with Crippen molar-refractivity contribution >= 4 is 64.4 Å². The Bertz CT molecular complexity index is 1790. The van der Waals surface area contributed by atoms with Crippen LogP contribution >= 0.6 is 22.7 Å². The zero-order valence-corrected chi connectivity index (χ0v) is 20.8. The molecule has 0 unspecified atom stereocenters. The number of hydrogen-bond acceptors (Lipinski definition) is 2. The molecular formula is C34H18S2. The van der Waals surface area contributed by atoms with Crippen LogP contribution in [0, 0.1) is 23.7 Å². The maximum absolute atomic E-state index is 3.34. The van der Waals surface area contributed by atoms with Gasteiger partial charge in [-0.25, -0.2) is 0 Å². The summed E-state index contributed by atoms with van der Waals surface area (Å²) in [6.07, 6.45) is 0. The molecular weight excluding hydrogens is 473 g/mol. The highest BCUT2D eigenvalue weighted by Gasteiger charge is 2.03. The Morgan fingerprint density at radius 2 is 0.750 bits per heavy atom. The Morgan fingerprint density at radius 1 is 0.361 bits per heavy atom. The Kier molecular flexibility index (Phi) is 5.07. The molecule has 0 aliphatic rings. The largest absolute Gasteiger partial charge is 0.127 e. The molecule has 0 radical (unpaired) electrons. The average Bonchev–Trinajstić information content (AvgIpc) is 3.50. The second-order valence-corrected chi connectivity index (χ2v) is 10.9. The highest BCUT2D eigenvalue weighted by atomic mass is 32.1. The molecule has 36 heavy (non-hydrogen) atoms. The lowest BCUT2D eigenvalue weighted by Gasteiger charge is -1.96. The van der Waals surface area contributed by atoms with Crippen LogP contribution < -0.4 is 0 Å². The molecule has 7 aromatic rings. The summed E-state index contributed by atoms with van der Waals surface area (Å²) >= 11 is 3.50. The van der Waals surface area contributed by atoms with Crippen molar-refractivity contribution in [2.24, 2.45) is 0 Å². The Labute approximate surface area is 217 Å². The fourth-order valence-electron chi connectivity index (χ4n) is 4.48. The molecule has 2 heteroatoms. The van der Waals surface area contributed by atoms with E-state index in [-0.39, 0.29) is 0 Å². The van der Waals surface area contributed by atoms with E-state index < -0.39 is 0 Å². The summed E-state index contributed by atoms with van der Waals surface area (Å²) in [7, 11) is 0. The molecule has 0 N–H and O–H groups in total. The number of benzene rings is 5. The first-order chi connectivity index (χ1) is 17.8. The van der Waals surface area contributed by atoms with Crippen LogP contribution in [0.3, 0.4) is 0 Å². The first-order valence-corrected chi connectivity index (χ1v) is 13.4. The molecule has 0 bridgehead atoms. The molecule has 5 aromatic carbocycles. The fraction of sp³-hybridized carbons (Fsp3) is 0. The van der Waals surface area contributed by atoms with Gasteiger partial charge in [-0.3, -0.25) is 0 Å². The molecule has 0 saturated carbocycles. The van der Waals surface area contributed by atoms with Gasteiger partial charge in [-0.1, -0.05) is 72.2 Å². The standard InChI is InChI=1S/C34H18S2/c1-3-7-27-21-33-29(17-25(27)5-1)19-31(35-33)15-13-23-9-11-24(12-10-23)14-16-32-20-30-18-26-6-2-4-8-28(26)22-34(30)36-32/h1-12,17-22H. The number of thiophene rings is 2. The van der Waals surface area contributed by atoms with Gasteiger partial charge < -0.3 is 0 Å². The minimum absolute atomic E-state index is 0.997. The van der Waals surface area contributed by atoms with E-state index in [2.05, 4.69) is 133 Å². The van der Waals surface area contributed by atoms with Gasteiger partial charge in [0.2, 0.25) is 0 Å². The molecule has 166 valence electrons. The molecule has 0 nitrogen and oxygen atoms in total. The van der Waals surface area contributed by atoms with Gasteiger partial charge >= 0.3 is 0 Å². The van der Waals surface area contributed by atoms with Crippen molar-refractivity contribution in [3.63, 3.8) is 0 Å². The first kappa shape index (κ1) is 21.0. The third-order valence-corrected chi connectivity index (χ3v) is 8.34. The van der Waals surface area contributed by atoms with E-state index in [0.29, 0.717) is 0 Å². The minimum atomic E-state index is 0.997. The van der Waals surface area contributed by atoms with Crippen LogP contribution in [0.25, 0.3) is 41.7 Å². The molecule has 0 fully saturated rings. The smallest absolute Gasteiger partial charge is 0.0784 e. The van der Waals surface area contributed by atoms with Crippen LogP contribution in [0.5, 0.6) is 0 Å². The average molecular weight is 491 g/mol. The van der Waals surface area contributed by atoms with Gasteiger partial charge in [-0.2, -0.15) is 0 Å². The number of rotatable bonds is 0. The molecule has 2 heterocycles. The predicted octanol–water partition coefficient (Wildman–Crippen LogP) is 9.22. The predicted molar refractivity (Wildman–Crippen MR) is 157 cm³/mol. The Balaban J connectivity index is 1.12. The molecule has 0 aliphatic carbocycles. The molecule has 2 aromatic heterocycles. The summed E-state index contributed by atoms with van der Waals surface area (Å²) in [5.41, 5.74) is 1.99. The van der Waals surface area contributed by atoms with E-state index >= 15 is 0 Å². The fourth-order valence-corrected chi connectivity index (χ4v) is 6.38. The van der Waals surface area contributed by atoms with Crippen LogP contribution in [-0.2, 0) is 0 Å². The van der Waals surface area contributed by atoms with Crippen LogP contribution in [0.1, 0.15) is 20.9 Å². The summed E-state index contributed by atoms with van der Waals surface area (Å²) < 4.78 is 2.55. The molecule has 0 aliphatic heterocycles. The monoisotopic (exact) mass is 490 g/mol. The van der Waals surface area contributed by atoms with Crippen molar-refractivity contribution in [2.75, 3.05) is 0 Å². The van der Waals surface area contributed by atoms with E-state index in [9.17, 15) is 0 Å². The van der Waals surface area contributed by atoms with Crippen LogP contribution in [0.15, 0.2) is 109 Å². The SMILES string of the molecule is C(#Cc1cc2cc3ccccc3cc2s1)c1ccc(C#Cc2cc3cc4ccccc4cc3s2)cc1. The van der Waals surface area contributed by atoms with Gasteiger partial charge in [0.25, 0.3) is 0 Å². The van der Waals surface area contributed by atoms with Crippen molar-refractivity contribution in [3.8, 4) is 23.7 Å². The van der Waals surface area contributed by atoms with Crippen LogP contribution in [0.4, 0.5) is 0 Å². The zero-order valence-electron chi connectivity index (χ0n) is 19.2. The summed E-state index contributed by atoms with van der Waals surface area (Å²) in [5.74, 6) is 13.3. The van der Waals surface area contributed by atoms with Crippen LogP contribution in [0.2, 0.25) is 0 Å². The zero-order chi connectivity index (χ0) is 23.9. The third-order valence-electron chi connectivity index (χ3n) is 6.31. The van der Waals surface area contributed by atoms with Gasteiger partial charge in [-0.15, -0.1) is 22.7 Å². The lowest BCUT2D eigenvalue weighted by molar-refractivity contribution is 1.60. The van der Waals surface area contributed by atoms with Crippen molar-refractivity contribution in [2.45, 2.75) is 0 Å². The van der Waals surface area contributed by atoms with E-state index in [1.165, 1.54) is 41.7 Å². The summed E-state index contributed by atoms with van der Waals surface area (Å²) in [6, 6.07) is 38.6. The third kappa shape index (κ3) is 4.04. The van der Waals surface area contributed by atoms with E-state index in [1.807, 2.05) is 0 Å². The van der Waals surface area contributed by atoms with Crippen molar-refractivity contribution in [1.29, 1.82) is 0 Å². The minimum Gasteiger partial charge on any atom is -0.127 e. The van der Waals surface area contributed by atoms with Crippen LogP contribution in [-0.4, -0.2) is 0 Å². The normalized spacial score (nSPS) is 10.9. The lowest BCUT2D eigenvalue weighted by Crippen LogP contribution is -1.77. The van der Waals surface area contributed by atoms with E-state index in [0.717, 1.165) is 20.9 Å². The van der Waals surface area contributed by atoms with Gasteiger partial charge in [-0.05, 0) is 93.0 Å². The lowest BCUT2D eigenvalue weighted by atomic mass is 10.1. The second kappa shape index (κ2) is 8.71. The van der Waals surface area contributed by atoms with Gasteiger partial charge in [0.05, 0.1) is 9.75 Å². The summed E-state index contributed by atoms with van der Waals surface area (Å²) in [6.45, 7) is 0. The highest BCUT2D eigenvalue weighted by molar-refractivity contribution is 7.20. The summed E-state index contributed by atoms with van der Waals surface area (Å²) in [4.78, 5) is 2.17.